The fourth-order valence-electron chi connectivity index (χ4n) is 1.62. The highest BCUT2D eigenvalue weighted by atomic mass is 79.9. The van der Waals surface area contributed by atoms with Gasteiger partial charge in [-0.05, 0) is 29.8 Å². The molecule has 22 heavy (non-hydrogen) atoms. The molecule has 0 heterocycles. The minimum Gasteiger partial charge on any atom is -0.343 e. The van der Waals surface area contributed by atoms with Crippen LogP contribution in [0, 0.1) is 0 Å². The molecule has 0 aliphatic rings. The highest BCUT2D eigenvalue weighted by Gasteiger charge is 2.06. The first-order valence-electron chi connectivity index (χ1n) is 6.56. The van der Waals surface area contributed by atoms with Gasteiger partial charge in [0.25, 0.3) is 11.8 Å². The van der Waals surface area contributed by atoms with Crippen LogP contribution in [0.15, 0.2) is 64.2 Å². The molecule has 2 aromatic carbocycles. The van der Waals surface area contributed by atoms with Gasteiger partial charge in [0, 0.05) is 10.0 Å². The number of carbonyl (C=O) groups excluding carboxylic acids is 2. The molecule has 0 radical (unpaired) electrons. The Morgan fingerprint density at radius 2 is 1.73 bits per heavy atom. The van der Waals surface area contributed by atoms with E-state index in [0.29, 0.717) is 5.56 Å². The molecule has 0 aliphatic carbocycles. The summed E-state index contributed by atoms with van der Waals surface area (Å²) in [6.45, 7) is -0.134. The molecule has 0 saturated carbocycles. The zero-order valence-corrected chi connectivity index (χ0v) is 13.2. The second-order valence-electron chi connectivity index (χ2n) is 4.39. The van der Waals surface area contributed by atoms with Crippen LogP contribution in [0.1, 0.15) is 15.9 Å². The van der Waals surface area contributed by atoms with Gasteiger partial charge >= 0.3 is 0 Å². The Kier molecular flexibility index (Phi) is 5.85. The highest BCUT2D eigenvalue weighted by Crippen LogP contribution is 2.08. The number of benzene rings is 2. The lowest BCUT2D eigenvalue weighted by molar-refractivity contribution is -0.120. The number of rotatable bonds is 5. The van der Waals surface area contributed by atoms with Gasteiger partial charge in [-0.3, -0.25) is 9.59 Å². The number of hydrogen-bond donors (Lipinski definition) is 2. The van der Waals surface area contributed by atoms with Crippen molar-refractivity contribution >= 4 is 34.0 Å². The average Bonchev–Trinajstić information content (AvgIpc) is 2.55. The van der Waals surface area contributed by atoms with Crippen molar-refractivity contribution in [1.82, 2.24) is 10.7 Å². The maximum absolute atomic E-state index is 11.7. The zero-order valence-electron chi connectivity index (χ0n) is 11.6. The van der Waals surface area contributed by atoms with Crippen LogP contribution in [0.4, 0.5) is 0 Å². The van der Waals surface area contributed by atoms with E-state index < -0.39 is 5.91 Å². The number of carbonyl (C=O) groups is 2. The third kappa shape index (κ3) is 5.14. The molecule has 2 N–H and O–H groups in total. The largest absolute Gasteiger partial charge is 0.343 e. The highest BCUT2D eigenvalue weighted by molar-refractivity contribution is 9.10. The number of hydrazone groups is 1. The van der Waals surface area contributed by atoms with Gasteiger partial charge in [0.2, 0.25) is 0 Å². The first kappa shape index (κ1) is 15.9. The summed E-state index contributed by atoms with van der Waals surface area (Å²) >= 11 is 3.34. The summed E-state index contributed by atoms with van der Waals surface area (Å²) in [5.74, 6) is -0.690. The van der Waals surface area contributed by atoms with E-state index in [2.05, 4.69) is 31.8 Å². The van der Waals surface area contributed by atoms with Crippen molar-refractivity contribution in [3.05, 3.63) is 70.2 Å². The molecule has 0 aliphatic heterocycles. The number of halogens is 1. The lowest BCUT2D eigenvalue weighted by Gasteiger charge is -2.03. The smallest absolute Gasteiger partial charge is 0.259 e. The normalized spacial score (nSPS) is 10.4. The SMILES string of the molecule is O=C(CNC(=O)c1ccccc1)N/N=C/c1ccc(Br)cc1. The second kappa shape index (κ2) is 8.09. The molecule has 5 nitrogen and oxygen atoms in total. The van der Waals surface area contributed by atoms with Gasteiger partial charge in [-0.1, -0.05) is 46.3 Å². The topological polar surface area (TPSA) is 70.6 Å². The van der Waals surface area contributed by atoms with Gasteiger partial charge in [-0.2, -0.15) is 5.10 Å². The Morgan fingerprint density at radius 3 is 2.41 bits per heavy atom. The van der Waals surface area contributed by atoms with Gasteiger partial charge in [0.15, 0.2) is 0 Å². The number of nitrogens with zero attached hydrogens (tertiary/aromatic N) is 1. The molecule has 0 bridgehead atoms. The molecule has 2 rings (SSSR count). The van der Waals surface area contributed by atoms with Crippen LogP contribution in [0.25, 0.3) is 0 Å². The van der Waals surface area contributed by atoms with Crippen molar-refractivity contribution in [2.24, 2.45) is 5.10 Å². The first-order valence-corrected chi connectivity index (χ1v) is 7.35. The van der Waals surface area contributed by atoms with Crippen LogP contribution in [-0.2, 0) is 4.79 Å². The summed E-state index contributed by atoms with van der Waals surface area (Å²) in [5.41, 5.74) is 3.72. The molecule has 0 spiro atoms. The molecular formula is C16H14BrN3O2. The molecule has 0 saturated heterocycles. The predicted octanol–water partition coefficient (Wildman–Crippen LogP) is 2.33. The third-order valence-electron chi connectivity index (χ3n) is 2.72. The van der Waals surface area contributed by atoms with Crippen molar-refractivity contribution in [2.45, 2.75) is 0 Å². The lowest BCUT2D eigenvalue weighted by atomic mass is 10.2. The van der Waals surface area contributed by atoms with E-state index in [0.717, 1.165) is 10.0 Å². The predicted molar refractivity (Wildman–Crippen MR) is 88.7 cm³/mol. The van der Waals surface area contributed by atoms with E-state index in [9.17, 15) is 9.59 Å². The number of nitrogens with one attached hydrogen (secondary N) is 2. The summed E-state index contributed by atoms with van der Waals surface area (Å²) in [7, 11) is 0. The summed E-state index contributed by atoms with van der Waals surface area (Å²) < 4.78 is 0.970. The maximum Gasteiger partial charge on any atom is 0.259 e. The molecule has 6 heteroatoms. The summed E-state index contributed by atoms with van der Waals surface area (Å²) in [4.78, 5) is 23.3. The van der Waals surface area contributed by atoms with Crippen molar-refractivity contribution in [3.63, 3.8) is 0 Å². The van der Waals surface area contributed by atoms with Gasteiger partial charge in [0.1, 0.15) is 0 Å². The Hall–Kier alpha value is -2.47. The molecular weight excluding hydrogens is 346 g/mol. The molecule has 2 amide bonds. The lowest BCUT2D eigenvalue weighted by Crippen LogP contribution is -2.34. The van der Waals surface area contributed by atoms with Gasteiger partial charge in [-0.15, -0.1) is 0 Å². The van der Waals surface area contributed by atoms with E-state index >= 15 is 0 Å². The standard InChI is InChI=1S/C16H14BrN3O2/c17-14-8-6-12(7-9-14)10-19-20-15(21)11-18-16(22)13-4-2-1-3-5-13/h1-10H,11H2,(H,18,22)(H,20,21)/b19-10+. The van der Waals surface area contributed by atoms with Gasteiger partial charge in [0.05, 0.1) is 12.8 Å². The maximum atomic E-state index is 11.7. The van der Waals surface area contributed by atoms with E-state index in [1.165, 1.54) is 6.21 Å². The number of amides is 2. The fraction of sp³-hybridized carbons (Fsp3) is 0.0625. The molecule has 2 aromatic rings. The Labute approximate surface area is 136 Å². The third-order valence-corrected chi connectivity index (χ3v) is 3.25. The van der Waals surface area contributed by atoms with Crippen molar-refractivity contribution in [1.29, 1.82) is 0 Å². The Morgan fingerprint density at radius 1 is 1.05 bits per heavy atom. The zero-order chi connectivity index (χ0) is 15.8. The molecule has 0 atom stereocenters. The van der Waals surface area contributed by atoms with Crippen molar-refractivity contribution < 1.29 is 9.59 Å². The van der Waals surface area contributed by atoms with E-state index in [1.807, 2.05) is 30.3 Å². The second-order valence-corrected chi connectivity index (χ2v) is 5.31. The monoisotopic (exact) mass is 359 g/mol. The minimum atomic E-state index is -0.391. The van der Waals surface area contributed by atoms with E-state index in [4.69, 9.17) is 0 Å². The number of hydrogen-bond acceptors (Lipinski definition) is 3. The van der Waals surface area contributed by atoms with Crippen LogP contribution in [0.5, 0.6) is 0 Å². The summed E-state index contributed by atoms with van der Waals surface area (Å²) in [6.07, 6.45) is 1.53. The van der Waals surface area contributed by atoms with Crippen LogP contribution in [0.3, 0.4) is 0 Å². The molecule has 112 valence electrons. The van der Waals surface area contributed by atoms with E-state index in [1.54, 1.807) is 24.3 Å². The van der Waals surface area contributed by atoms with Gasteiger partial charge < -0.3 is 5.32 Å². The Balaban J connectivity index is 1.76. The van der Waals surface area contributed by atoms with Crippen molar-refractivity contribution in [2.75, 3.05) is 6.54 Å². The van der Waals surface area contributed by atoms with Gasteiger partial charge in [-0.25, -0.2) is 5.43 Å². The Bertz CT molecular complexity index is 670. The van der Waals surface area contributed by atoms with Crippen LogP contribution in [0.2, 0.25) is 0 Å². The van der Waals surface area contributed by atoms with Crippen LogP contribution in [-0.4, -0.2) is 24.6 Å². The quantitative estimate of drug-likeness (QED) is 0.635. The molecule has 0 fully saturated rings. The average molecular weight is 360 g/mol. The minimum absolute atomic E-state index is 0.134. The van der Waals surface area contributed by atoms with Crippen LogP contribution < -0.4 is 10.7 Å². The molecule has 0 unspecified atom stereocenters. The summed E-state index contributed by atoms with van der Waals surface area (Å²) in [5, 5.41) is 6.35. The van der Waals surface area contributed by atoms with Crippen LogP contribution >= 0.6 is 15.9 Å². The fourth-order valence-corrected chi connectivity index (χ4v) is 1.88. The first-order chi connectivity index (χ1) is 10.6. The van der Waals surface area contributed by atoms with Crippen molar-refractivity contribution in [3.8, 4) is 0 Å². The molecule has 0 aromatic heterocycles. The van der Waals surface area contributed by atoms with E-state index in [-0.39, 0.29) is 12.5 Å². The summed E-state index contributed by atoms with van der Waals surface area (Å²) in [6, 6.07) is 16.2.